The molecule has 3 heterocycles. The first-order valence-electron chi connectivity index (χ1n) is 11.8. The smallest absolute Gasteiger partial charge is 0.248 e. The highest BCUT2D eigenvalue weighted by molar-refractivity contribution is 5.78. The predicted molar refractivity (Wildman–Crippen MR) is 121 cm³/mol. The summed E-state index contributed by atoms with van der Waals surface area (Å²) in [6.07, 6.45) is 9.13. The standard InChI is InChI=1S/C25H34N4O2/c1-19-3-2-4-22(13-19)25-26-9-12-28(25)16-23-17-29(24(30)18-31-23)15-21-7-10-27(11-8-21)14-20-5-6-20/h2-4,9,12-13,20-21,23H,5-8,10-11,14-18H2,1H3. The monoisotopic (exact) mass is 422 g/mol. The van der Waals surface area contributed by atoms with E-state index in [4.69, 9.17) is 4.74 Å². The third kappa shape index (κ3) is 5.18. The van der Waals surface area contributed by atoms with Crippen LogP contribution in [0.5, 0.6) is 0 Å². The number of carbonyl (C=O) groups excluding carboxylic acids is 1. The quantitative estimate of drug-likeness (QED) is 0.688. The number of rotatable bonds is 7. The van der Waals surface area contributed by atoms with Crippen molar-refractivity contribution in [1.29, 1.82) is 0 Å². The van der Waals surface area contributed by atoms with Gasteiger partial charge >= 0.3 is 0 Å². The van der Waals surface area contributed by atoms with Crippen molar-refractivity contribution in [2.75, 3.05) is 39.3 Å². The molecule has 0 N–H and O–H groups in total. The van der Waals surface area contributed by atoms with Gasteiger partial charge in [-0.05, 0) is 63.6 Å². The van der Waals surface area contributed by atoms with Crippen LogP contribution in [-0.2, 0) is 16.1 Å². The maximum absolute atomic E-state index is 12.5. The molecule has 2 saturated heterocycles. The number of piperidine rings is 1. The van der Waals surface area contributed by atoms with Gasteiger partial charge in [0.15, 0.2) is 0 Å². The number of morpholine rings is 1. The Hall–Kier alpha value is -2.18. The molecule has 0 radical (unpaired) electrons. The summed E-state index contributed by atoms with van der Waals surface area (Å²) in [5, 5.41) is 0. The third-order valence-corrected chi connectivity index (χ3v) is 7.01. The lowest BCUT2D eigenvalue weighted by molar-refractivity contribution is -0.150. The number of benzene rings is 1. The lowest BCUT2D eigenvalue weighted by atomic mass is 9.95. The summed E-state index contributed by atoms with van der Waals surface area (Å²) >= 11 is 0. The maximum Gasteiger partial charge on any atom is 0.248 e. The molecule has 3 fully saturated rings. The first-order chi connectivity index (χ1) is 15.1. The van der Waals surface area contributed by atoms with Crippen molar-refractivity contribution < 1.29 is 9.53 Å². The van der Waals surface area contributed by atoms with Crippen LogP contribution in [-0.4, -0.2) is 70.7 Å². The largest absolute Gasteiger partial charge is 0.365 e. The molecule has 1 aromatic carbocycles. The first-order valence-corrected chi connectivity index (χ1v) is 11.8. The van der Waals surface area contributed by atoms with Crippen LogP contribution < -0.4 is 0 Å². The molecule has 1 unspecified atom stereocenters. The van der Waals surface area contributed by atoms with E-state index in [1.807, 2.05) is 12.4 Å². The van der Waals surface area contributed by atoms with E-state index >= 15 is 0 Å². The average molecular weight is 423 g/mol. The van der Waals surface area contributed by atoms with E-state index in [-0.39, 0.29) is 18.6 Å². The molecule has 1 aromatic heterocycles. The zero-order valence-corrected chi connectivity index (χ0v) is 18.6. The van der Waals surface area contributed by atoms with Gasteiger partial charge < -0.3 is 19.1 Å². The van der Waals surface area contributed by atoms with Crippen LogP contribution in [0.3, 0.4) is 0 Å². The molecule has 0 spiro atoms. The van der Waals surface area contributed by atoms with Crippen molar-refractivity contribution in [2.24, 2.45) is 11.8 Å². The van der Waals surface area contributed by atoms with E-state index in [0.717, 1.165) is 23.9 Å². The van der Waals surface area contributed by atoms with Crippen molar-refractivity contribution in [3.05, 3.63) is 42.2 Å². The molecule has 0 bridgehead atoms. The molecule has 1 amide bonds. The number of aryl methyl sites for hydroxylation is 1. The van der Waals surface area contributed by atoms with Crippen LogP contribution in [0.1, 0.15) is 31.2 Å². The van der Waals surface area contributed by atoms with Gasteiger partial charge in [0.2, 0.25) is 5.91 Å². The molecule has 2 aliphatic heterocycles. The number of carbonyl (C=O) groups is 1. The fourth-order valence-corrected chi connectivity index (χ4v) is 5.02. The zero-order chi connectivity index (χ0) is 21.2. The number of amides is 1. The number of ether oxygens (including phenoxy) is 1. The molecule has 5 rings (SSSR count). The Balaban J connectivity index is 1.17. The number of nitrogens with zero attached hydrogens (tertiary/aromatic N) is 4. The highest BCUT2D eigenvalue weighted by atomic mass is 16.5. The van der Waals surface area contributed by atoms with Gasteiger partial charge in [0, 0.05) is 37.6 Å². The second-order valence-corrected chi connectivity index (χ2v) is 9.69. The maximum atomic E-state index is 12.5. The Morgan fingerprint density at radius 1 is 1.06 bits per heavy atom. The molecule has 2 aromatic rings. The van der Waals surface area contributed by atoms with Gasteiger partial charge in [0.25, 0.3) is 0 Å². The van der Waals surface area contributed by atoms with E-state index in [2.05, 4.69) is 50.5 Å². The molecule has 3 aliphatic rings. The highest BCUT2D eigenvalue weighted by Gasteiger charge is 2.31. The molecule has 166 valence electrons. The summed E-state index contributed by atoms with van der Waals surface area (Å²) in [5.74, 6) is 2.68. The van der Waals surface area contributed by atoms with Crippen molar-refractivity contribution in [2.45, 2.75) is 45.3 Å². The Morgan fingerprint density at radius 3 is 2.65 bits per heavy atom. The van der Waals surface area contributed by atoms with Gasteiger partial charge in [-0.3, -0.25) is 4.79 Å². The number of likely N-dealkylation sites (tertiary alicyclic amines) is 1. The summed E-state index contributed by atoms with van der Waals surface area (Å²) in [5.41, 5.74) is 2.34. The summed E-state index contributed by atoms with van der Waals surface area (Å²) in [6, 6.07) is 8.42. The Labute approximate surface area is 185 Å². The molecular weight excluding hydrogens is 388 g/mol. The van der Waals surface area contributed by atoms with Crippen LogP contribution in [0.15, 0.2) is 36.7 Å². The second kappa shape index (κ2) is 9.13. The topological polar surface area (TPSA) is 50.6 Å². The number of imidazole rings is 1. The molecule has 1 atom stereocenters. The molecule has 1 aliphatic carbocycles. The van der Waals surface area contributed by atoms with Gasteiger partial charge in [0.05, 0.1) is 12.6 Å². The number of hydrogen-bond acceptors (Lipinski definition) is 4. The molecular formula is C25H34N4O2. The van der Waals surface area contributed by atoms with Crippen LogP contribution in [0.2, 0.25) is 0 Å². The second-order valence-electron chi connectivity index (χ2n) is 9.69. The van der Waals surface area contributed by atoms with Gasteiger partial charge in [-0.15, -0.1) is 0 Å². The van der Waals surface area contributed by atoms with E-state index < -0.39 is 0 Å². The highest BCUT2D eigenvalue weighted by Crippen LogP contribution is 2.31. The fourth-order valence-electron chi connectivity index (χ4n) is 5.02. The molecule has 31 heavy (non-hydrogen) atoms. The Bertz CT molecular complexity index is 898. The minimum absolute atomic E-state index is 0.00501. The SMILES string of the molecule is Cc1cccc(-c2nccn2CC2CN(CC3CCN(CC4CC4)CC3)C(=O)CO2)c1. The lowest BCUT2D eigenvalue weighted by Gasteiger charge is -2.38. The Kier molecular flexibility index (Phi) is 6.10. The molecule has 6 heteroatoms. The van der Waals surface area contributed by atoms with Crippen molar-refractivity contribution in [1.82, 2.24) is 19.4 Å². The van der Waals surface area contributed by atoms with Crippen LogP contribution in [0.25, 0.3) is 11.4 Å². The minimum Gasteiger partial charge on any atom is -0.365 e. The van der Waals surface area contributed by atoms with Gasteiger partial charge in [-0.2, -0.15) is 0 Å². The molecule has 1 saturated carbocycles. The summed E-state index contributed by atoms with van der Waals surface area (Å²) in [6.45, 7) is 8.24. The summed E-state index contributed by atoms with van der Waals surface area (Å²) < 4.78 is 8.07. The van der Waals surface area contributed by atoms with Crippen molar-refractivity contribution in [3.8, 4) is 11.4 Å². The fraction of sp³-hybridized carbons (Fsp3) is 0.600. The van der Waals surface area contributed by atoms with E-state index in [1.165, 1.54) is 50.9 Å². The normalized spacial score (nSPS) is 23.5. The van der Waals surface area contributed by atoms with Crippen molar-refractivity contribution in [3.63, 3.8) is 0 Å². The Morgan fingerprint density at radius 2 is 1.87 bits per heavy atom. The summed E-state index contributed by atoms with van der Waals surface area (Å²) in [4.78, 5) is 21.8. The third-order valence-electron chi connectivity index (χ3n) is 7.01. The van der Waals surface area contributed by atoms with Gasteiger partial charge in [-0.25, -0.2) is 4.98 Å². The predicted octanol–water partition coefficient (Wildman–Crippen LogP) is 3.21. The zero-order valence-electron chi connectivity index (χ0n) is 18.6. The lowest BCUT2D eigenvalue weighted by Crippen LogP contribution is -2.50. The number of hydrogen-bond donors (Lipinski definition) is 0. The van der Waals surface area contributed by atoms with Gasteiger partial charge in [-0.1, -0.05) is 23.8 Å². The van der Waals surface area contributed by atoms with Gasteiger partial charge in [0.1, 0.15) is 12.4 Å². The summed E-state index contributed by atoms with van der Waals surface area (Å²) in [7, 11) is 0. The van der Waals surface area contributed by atoms with E-state index in [9.17, 15) is 4.79 Å². The van der Waals surface area contributed by atoms with Crippen LogP contribution in [0.4, 0.5) is 0 Å². The number of aromatic nitrogens is 2. The first kappa shape index (κ1) is 20.7. The molecule has 6 nitrogen and oxygen atoms in total. The minimum atomic E-state index is 0.00501. The van der Waals surface area contributed by atoms with Crippen LogP contribution >= 0.6 is 0 Å². The van der Waals surface area contributed by atoms with E-state index in [1.54, 1.807) is 0 Å². The van der Waals surface area contributed by atoms with Crippen LogP contribution in [0, 0.1) is 18.8 Å². The van der Waals surface area contributed by atoms with Crippen molar-refractivity contribution >= 4 is 5.91 Å². The van der Waals surface area contributed by atoms with E-state index in [0.29, 0.717) is 19.0 Å². The average Bonchev–Trinajstić information content (AvgIpc) is 3.46.